The van der Waals surface area contributed by atoms with Gasteiger partial charge >= 0.3 is 5.97 Å². The summed E-state index contributed by atoms with van der Waals surface area (Å²) in [6.45, 7) is 6.51. The van der Waals surface area contributed by atoms with Crippen LogP contribution in [0.2, 0.25) is 0 Å². The van der Waals surface area contributed by atoms with Crippen LogP contribution in [-0.4, -0.2) is 23.8 Å². The van der Waals surface area contributed by atoms with Crippen molar-refractivity contribution in [3.05, 3.63) is 23.0 Å². The van der Waals surface area contributed by atoms with Crippen LogP contribution in [0.5, 0.6) is 0 Å². The number of aliphatic hydroxyl groups is 1. The highest BCUT2D eigenvalue weighted by Gasteiger charge is 2.58. The van der Waals surface area contributed by atoms with Gasteiger partial charge in [-0.05, 0) is 92.4 Å². The van der Waals surface area contributed by atoms with Crippen LogP contribution in [0.4, 0.5) is 4.39 Å². The maximum Gasteiger partial charge on any atom is 0.367 e. The van der Waals surface area contributed by atoms with E-state index in [1.165, 1.54) is 5.57 Å². The molecule has 0 aromatic heterocycles. The van der Waals surface area contributed by atoms with Gasteiger partial charge in [-0.3, -0.25) is 0 Å². The number of carbonyl (C=O) groups excluding carboxylic acids is 1. The second kappa shape index (κ2) is 6.72. The summed E-state index contributed by atoms with van der Waals surface area (Å²) < 4.78 is 19.8. The number of ether oxygens (including phenoxy) is 1. The van der Waals surface area contributed by atoms with Crippen LogP contribution >= 0.6 is 0 Å². The largest absolute Gasteiger partial charge is 0.461 e. The van der Waals surface area contributed by atoms with Gasteiger partial charge in [-0.2, -0.15) is 4.39 Å². The number of aliphatic hydroxyl groups excluding tert-OH is 1. The van der Waals surface area contributed by atoms with Crippen molar-refractivity contribution in [2.45, 2.75) is 78.2 Å². The van der Waals surface area contributed by atoms with E-state index in [1.54, 1.807) is 6.92 Å². The summed E-state index contributed by atoms with van der Waals surface area (Å²) in [7, 11) is 0. The van der Waals surface area contributed by atoms with E-state index in [9.17, 15) is 14.3 Å². The molecule has 0 radical (unpaired) electrons. The lowest BCUT2D eigenvalue weighted by molar-refractivity contribution is -0.140. The fourth-order valence-electron chi connectivity index (χ4n) is 7.13. The average Bonchev–Trinajstić information content (AvgIpc) is 2.99. The number of fused-ring (bicyclic) bond motifs is 5. The highest BCUT2D eigenvalue weighted by Crippen LogP contribution is 2.66. The minimum absolute atomic E-state index is 0.186. The summed E-state index contributed by atoms with van der Waals surface area (Å²) in [5.74, 6) is 0.205. The number of hydrogen-bond acceptors (Lipinski definition) is 3. The Bertz CT molecular complexity index is 696. The first kappa shape index (κ1) is 19.2. The third-order valence-corrected chi connectivity index (χ3v) is 8.58. The summed E-state index contributed by atoms with van der Waals surface area (Å²) in [6, 6.07) is 0. The lowest BCUT2D eigenvalue weighted by Gasteiger charge is -2.57. The van der Waals surface area contributed by atoms with E-state index in [2.05, 4.69) is 19.9 Å². The predicted octanol–water partition coefficient (Wildman–Crippen LogP) is 5.10. The van der Waals surface area contributed by atoms with Crippen LogP contribution < -0.4 is 0 Å². The maximum absolute atomic E-state index is 14.9. The van der Waals surface area contributed by atoms with Gasteiger partial charge in [0, 0.05) is 0 Å². The molecule has 0 aromatic rings. The molecule has 3 fully saturated rings. The Labute approximate surface area is 162 Å². The van der Waals surface area contributed by atoms with Crippen molar-refractivity contribution in [1.82, 2.24) is 0 Å². The number of halogens is 1. The molecule has 3 unspecified atom stereocenters. The van der Waals surface area contributed by atoms with Crippen LogP contribution in [0, 0.1) is 28.6 Å². The molecule has 0 aromatic carbocycles. The number of esters is 1. The molecular weight excluding hydrogens is 343 g/mol. The average molecular weight is 377 g/mol. The Balaban J connectivity index is 1.65. The van der Waals surface area contributed by atoms with Gasteiger partial charge in [0.2, 0.25) is 5.83 Å². The van der Waals surface area contributed by atoms with Crippen molar-refractivity contribution in [2.75, 3.05) is 6.61 Å². The third-order valence-electron chi connectivity index (χ3n) is 8.58. The number of allylic oxidation sites excluding steroid dienone is 2. The van der Waals surface area contributed by atoms with E-state index < -0.39 is 11.8 Å². The zero-order valence-corrected chi connectivity index (χ0v) is 16.9. The molecule has 0 amide bonds. The molecule has 1 N–H and O–H groups in total. The fraction of sp³-hybridized carbons (Fsp3) is 0.783. The minimum Gasteiger partial charge on any atom is -0.461 e. The van der Waals surface area contributed by atoms with E-state index >= 15 is 0 Å². The van der Waals surface area contributed by atoms with Crippen molar-refractivity contribution in [2.24, 2.45) is 28.6 Å². The van der Waals surface area contributed by atoms with Crippen molar-refractivity contribution in [3.63, 3.8) is 0 Å². The van der Waals surface area contributed by atoms with Gasteiger partial charge in [-0.25, -0.2) is 4.79 Å². The Morgan fingerprint density at radius 2 is 1.93 bits per heavy atom. The Morgan fingerprint density at radius 1 is 1.22 bits per heavy atom. The SMILES string of the molecule is CCOC(=O)C(F)=C1CCC2C3CC=C4C[C@@H](O)CC[C@]4(C)C3CC[C@]12C. The number of carbonyl (C=O) groups is 1. The van der Waals surface area contributed by atoms with E-state index in [0.29, 0.717) is 29.7 Å². The van der Waals surface area contributed by atoms with E-state index in [4.69, 9.17) is 4.74 Å². The summed E-state index contributed by atoms with van der Waals surface area (Å²) in [4.78, 5) is 12.0. The van der Waals surface area contributed by atoms with Crippen molar-refractivity contribution in [1.29, 1.82) is 0 Å². The lowest BCUT2D eigenvalue weighted by Crippen LogP contribution is -2.49. The molecule has 4 rings (SSSR count). The van der Waals surface area contributed by atoms with Crippen molar-refractivity contribution >= 4 is 5.97 Å². The molecule has 150 valence electrons. The Hall–Kier alpha value is -1.16. The topological polar surface area (TPSA) is 46.5 Å². The monoisotopic (exact) mass is 376 g/mol. The van der Waals surface area contributed by atoms with E-state index in [-0.39, 0.29) is 23.5 Å². The van der Waals surface area contributed by atoms with Gasteiger partial charge < -0.3 is 9.84 Å². The fourth-order valence-corrected chi connectivity index (χ4v) is 7.13. The second-order valence-corrected chi connectivity index (χ2v) is 9.66. The van der Waals surface area contributed by atoms with Gasteiger partial charge in [0.1, 0.15) is 0 Å². The van der Waals surface area contributed by atoms with Crippen molar-refractivity contribution in [3.8, 4) is 0 Å². The summed E-state index contributed by atoms with van der Waals surface area (Å²) >= 11 is 0. The summed E-state index contributed by atoms with van der Waals surface area (Å²) in [5, 5.41) is 10.1. The van der Waals surface area contributed by atoms with E-state index in [1.807, 2.05) is 0 Å². The molecular formula is C23H33FO3. The van der Waals surface area contributed by atoms with Gasteiger partial charge in [-0.15, -0.1) is 0 Å². The van der Waals surface area contributed by atoms with Crippen LogP contribution in [0.15, 0.2) is 23.0 Å². The van der Waals surface area contributed by atoms with Gasteiger partial charge in [0.15, 0.2) is 0 Å². The number of rotatable bonds is 2. The Kier molecular flexibility index (Phi) is 4.77. The molecule has 0 spiro atoms. The van der Waals surface area contributed by atoms with Gasteiger partial charge in [0.05, 0.1) is 12.7 Å². The van der Waals surface area contributed by atoms with Gasteiger partial charge in [-0.1, -0.05) is 25.5 Å². The van der Waals surface area contributed by atoms with Crippen molar-refractivity contribution < 1.29 is 19.0 Å². The predicted molar refractivity (Wildman–Crippen MR) is 102 cm³/mol. The molecule has 0 heterocycles. The number of hydrogen-bond donors (Lipinski definition) is 1. The molecule has 4 heteroatoms. The van der Waals surface area contributed by atoms with E-state index in [0.717, 1.165) is 44.9 Å². The molecule has 4 aliphatic rings. The molecule has 3 saturated carbocycles. The first-order chi connectivity index (χ1) is 12.8. The quantitative estimate of drug-likeness (QED) is 0.414. The first-order valence-electron chi connectivity index (χ1n) is 10.7. The Morgan fingerprint density at radius 3 is 2.67 bits per heavy atom. The molecule has 27 heavy (non-hydrogen) atoms. The molecule has 3 nitrogen and oxygen atoms in total. The molecule has 4 aliphatic carbocycles. The smallest absolute Gasteiger partial charge is 0.367 e. The van der Waals surface area contributed by atoms with Crippen LogP contribution in [0.25, 0.3) is 0 Å². The highest BCUT2D eigenvalue weighted by molar-refractivity contribution is 5.87. The third kappa shape index (κ3) is 2.82. The molecule has 0 bridgehead atoms. The second-order valence-electron chi connectivity index (χ2n) is 9.66. The molecule has 6 atom stereocenters. The standard InChI is InChI=1S/C23H33FO3/c1-4-27-21(26)20(24)19-8-7-17-16-6-5-14-13-15(25)9-11-22(14,2)18(16)10-12-23(17,19)3/h5,15-18,25H,4,6-13H2,1-3H3/t15-,16?,17?,18?,22-,23-/m0/s1. The summed E-state index contributed by atoms with van der Waals surface area (Å²) in [6.07, 6.45) is 9.71. The summed E-state index contributed by atoms with van der Waals surface area (Å²) in [5.41, 5.74) is 2.14. The molecule has 0 saturated heterocycles. The maximum atomic E-state index is 14.9. The normalized spacial score (nSPS) is 45.3. The zero-order chi connectivity index (χ0) is 19.4. The highest BCUT2D eigenvalue weighted by atomic mass is 19.1. The van der Waals surface area contributed by atoms with Crippen LogP contribution in [0.1, 0.15) is 72.1 Å². The molecule has 0 aliphatic heterocycles. The van der Waals surface area contributed by atoms with Gasteiger partial charge in [0.25, 0.3) is 0 Å². The zero-order valence-electron chi connectivity index (χ0n) is 16.9. The van der Waals surface area contributed by atoms with Crippen LogP contribution in [0.3, 0.4) is 0 Å². The minimum atomic E-state index is -0.782. The first-order valence-corrected chi connectivity index (χ1v) is 10.7. The van der Waals surface area contributed by atoms with Crippen LogP contribution in [-0.2, 0) is 9.53 Å². The lowest BCUT2D eigenvalue weighted by atomic mass is 9.48.